The quantitative estimate of drug-likeness (QED) is 0.744. The number of nitrogens with two attached hydrogens (primary N) is 1. The zero-order chi connectivity index (χ0) is 10.6. The van der Waals surface area contributed by atoms with E-state index in [9.17, 15) is 4.79 Å². The normalized spacial score (nSPS) is 22.3. The Kier molecular flexibility index (Phi) is 3.94. The third-order valence-corrected chi connectivity index (χ3v) is 3.36. The van der Waals surface area contributed by atoms with Gasteiger partial charge in [0, 0.05) is 0 Å². The molecule has 1 aliphatic carbocycles. The van der Waals surface area contributed by atoms with Gasteiger partial charge in [0.2, 0.25) is 5.91 Å². The van der Waals surface area contributed by atoms with Crippen LogP contribution in [0.1, 0.15) is 39.0 Å². The highest BCUT2D eigenvalue weighted by Gasteiger charge is 2.30. The molecular weight excluding hydrogens is 176 g/mol. The molecule has 1 amide bonds. The van der Waals surface area contributed by atoms with Crippen LogP contribution in [0.2, 0.25) is 0 Å². The van der Waals surface area contributed by atoms with Crippen LogP contribution in [0.3, 0.4) is 0 Å². The molecule has 0 radical (unpaired) electrons. The average Bonchev–Trinajstić information content (AvgIpc) is 2.19. The second-order valence-electron chi connectivity index (χ2n) is 4.27. The predicted octanol–water partition coefficient (Wildman–Crippen LogP) is 1.83. The minimum absolute atomic E-state index is 0.123. The molecule has 0 bridgehead atoms. The van der Waals surface area contributed by atoms with Gasteiger partial charge in [-0.2, -0.15) is 5.26 Å². The van der Waals surface area contributed by atoms with E-state index in [0.29, 0.717) is 5.92 Å². The van der Waals surface area contributed by atoms with Crippen LogP contribution in [-0.4, -0.2) is 5.91 Å². The summed E-state index contributed by atoms with van der Waals surface area (Å²) in [4.78, 5) is 11.0. The lowest BCUT2D eigenvalue weighted by Gasteiger charge is -2.29. The smallest absolute Gasteiger partial charge is 0.235 e. The molecule has 1 fully saturated rings. The Morgan fingerprint density at radius 2 is 2.00 bits per heavy atom. The maximum atomic E-state index is 11.0. The lowest BCUT2D eigenvalue weighted by atomic mass is 9.75. The van der Waals surface area contributed by atoms with Crippen molar-refractivity contribution in [1.29, 1.82) is 5.26 Å². The molecule has 0 aromatic carbocycles. The van der Waals surface area contributed by atoms with Crippen LogP contribution in [0.15, 0.2) is 0 Å². The first-order valence-electron chi connectivity index (χ1n) is 5.35. The maximum Gasteiger partial charge on any atom is 0.235 e. The van der Waals surface area contributed by atoms with Crippen molar-refractivity contribution in [3.63, 3.8) is 0 Å². The molecule has 78 valence electrons. The molecule has 0 aromatic heterocycles. The molecule has 2 N–H and O–H groups in total. The van der Waals surface area contributed by atoms with E-state index in [1.165, 1.54) is 19.3 Å². The van der Waals surface area contributed by atoms with Crippen molar-refractivity contribution in [2.24, 2.45) is 23.5 Å². The van der Waals surface area contributed by atoms with Gasteiger partial charge in [-0.05, 0) is 11.8 Å². The van der Waals surface area contributed by atoms with Gasteiger partial charge in [0.15, 0.2) is 0 Å². The molecule has 0 spiro atoms. The lowest BCUT2D eigenvalue weighted by Crippen LogP contribution is -2.32. The number of hydrogen-bond donors (Lipinski definition) is 1. The van der Waals surface area contributed by atoms with E-state index in [0.717, 1.165) is 12.8 Å². The van der Waals surface area contributed by atoms with Gasteiger partial charge in [0.25, 0.3) is 0 Å². The first kappa shape index (κ1) is 11.0. The molecule has 1 rings (SSSR count). The van der Waals surface area contributed by atoms with E-state index in [1.54, 1.807) is 0 Å². The summed E-state index contributed by atoms with van der Waals surface area (Å²) in [6, 6.07) is 2.02. The summed E-state index contributed by atoms with van der Waals surface area (Å²) in [6.45, 7) is 1.98. The Bertz CT molecular complexity index is 238. The van der Waals surface area contributed by atoms with Gasteiger partial charge in [-0.15, -0.1) is 0 Å². The molecule has 2 atom stereocenters. The zero-order valence-corrected chi connectivity index (χ0v) is 8.70. The third-order valence-electron chi connectivity index (χ3n) is 3.36. The van der Waals surface area contributed by atoms with Crippen molar-refractivity contribution in [2.45, 2.75) is 39.0 Å². The molecule has 1 aliphatic rings. The molecular formula is C11H18N2O. The van der Waals surface area contributed by atoms with Gasteiger partial charge in [0.1, 0.15) is 5.92 Å². The summed E-state index contributed by atoms with van der Waals surface area (Å²) in [5, 5.41) is 8.85. The van der Waals surface area contributed by atoms with Crippen molar-refractivity contribution in [2.75, 3.05) is 0 Å². The summed E-state index contributed by atoms with van der Waals surface area (Å²) in [5.41, 5.74) is 5.19. The molecule has 3 nitrogen and oxygen atoms in total. The van der Waals surface area contributed by atoms with Crippen LogP contribution >= 0.6 is 0 Å². The highest BCUT2D eigenvalue weighted by molar-refractivity contribution is 5.79. The van der Waals surface area contributed by atoms with Gasteiger partial charge in [-0.25, -0.2) is 0 Å². The summed E-state index contributed by atoms with van der Waals surface area (Å²) >= 11 is 0. The topological polar surface area (TPSA) is 66.9 Å². The Labute approximate surface area is 85.3 Å². The number of amides is 1. The summed E-state index contributed by atoms with van der Waals surface area (Å²) in [7, 11) is 0. The number of hydrogen-bond acceptors (Lipinski definition) is 2. The van der Waals surface area contributed by atoms with E-state index < -0.39 is 11.8 Å². The molecule has 0 aliphatic heterocycles. The SMILES string of the molecule is CC(C1CCCCC1)C(C#N)C(N)=O. The number of carbonyl (C=O) groups excluding carboxylic acids is 1. The minimum atomic E-state index is -0.599. The van der Waals surface area contributed by atoms with Crippen molar-refractivity contribution in [1.82, 2.24) is 0 Å². The van der Waals surface area contributed by atoms with E-state index in [4.69, 9.17) is 11.0 Å². The van der Waals surface area contributed by atoms with E-state index in [-0.39, 0.29) is 5.92 Å². The predicted molar refractivity (Wildman–Crippen MR) is 54.0 cm³/mol. The fourth-order valence-corrected chi connectivity index (χ4v) is 2.37. The Morgan fingerprint density at radius 1 is 1.43 bits per heavy atom. The monoisotopic (exact) mass is 194 g/mol. The average molecular weight is 194 g/mol. The molecule has 0 saturated heterocycles. The summed E-state index contributed by atoms with van der Waals surface area (Å²) in [6.07, 6.45) is 6.04. The van der Waals surface area contributed by atoms with Gasteiger partial charge in [-0.3, -0.25) is 4.79 Å². The molecule has 3 heteroatoms. The fourth-order valence-electron chi connectivity index (χ4n) is 2.37. The zero-order valence-electron chi connectivity index (χ0n) is 8.70. The van der Waals surface area contributed by atoms with E-state index in [2.05, 4.69) is 0 Å². The van der Waals surface area contributed by atoms with Crippen molar-refractivity contribution < 1.29 is 4.79 Å². The highest BCUT2D eigenvalue weighted by atomic mass is 16.1. The van der Waals surface area contributed by atoms with Crippen LogP contribution in [-0.2, 0) is 4.79 Å². The largest absolute Gasteiger partial charge is 0.369 e. The third kappa shape index (κ3) is 2.47. The van der Waals surface area contributed by atoms with Gasteiger partial charge in [0.05, 0.1) is 6.07 Å². The number of carbonyl (C=O) groups is 1. The van der Waals surface area contributed by atoms with Crippen molar-refractivity contribution in [3.05, 3.63) is 0 Å². The standard InChI is InChI=1S/C11H18N2O/c1-8(10(7-12)11(13)14)9-5-3-2-4-6-9/h8-10H,2-6H2,1H3,(H2,13,14). The first-order chi connectivity index (χ1) is 6.66. The Hall–Kier alpha value is -1.04. The summed E-state index contributed by atoms with van der Waals surface area (Å²) < 4.78 is 0. The first-order valence-corrected chi connectivity index (χ1v) is 5.35. The molecule has 0 aromatic rings. The highest BCUT2D eigenvalue weighted by Crippen LogP contribution is 2.33. The Balaban J connectivity index is 2.57. The second-order valence-corrected chi connectivity index (χ2v) is 4.27. The maximum absolute atomic E-state index is 11.0. The number of nitriles is 1. The van der Waals surface area contributed by atoms with Crippen LogP contribution in [0.25, 0.3) is 0 Å². The minimum Gasteiger partial charge on any atom is -0.369 e. The lowest BCUT2D eigenvalue weighted by molar-refractivity contribution is -0.122. The van der Waals surface area contributed by atoms with Crippen LogP contribution in [0.5, 0.6) is 0 Å². The second kappa shape index (κ2) is 4.99. The molecule has 2 unspecified atom stereocenters. The van der Waals surface area contributed by atoms with E-state index in [1.807, 2.05) is 13.0 Å². The number of rotatable bonds is 3. The van der Waals surface area contributed by atoms with Gasteiger partial charge < -0.3 is 5.73 Å². The Morgan fingerprint density at radius 3 is 2.43 bits per heavy atom. The van der Waals surface area contributed by atoms with Gasteiger partial charge >= 0.3 is 0 Å². The summed E-state index contributed by atoms with van der Waals surface area (Å²) in [5.74, 6) is -0.428. The van der Waals surface area contributed by atoms with Crippen molar-refractivity contribution >= 4 is 5.91 Å². The fraction of sp³-hybridized carbons (Fsp3) is 0.818. The molecule has 1 saturated carbocycles. The van der Waals surface area contributed by atoms with Gasteiger partial charge in [-0.1, -0.05) is 39.0 Å². The molecule has 14 heavy (non-hydrogen) atoms. The molecule has 0 heterocycles. The van der Waals surface area contributed by atoms with Crippen molar-refractivity contribution in [3.8, 4) is 6.07 Å². The number of nitrogens with zero attached hydrogens (tertiary/aromatic N) is 1. The van der Waals surface area contributed by atoms with Crippen LogP contribution in [0.4, 0.5) is 0 Å². The number of primary amides is 1. The van der Waals surface area contributed by atoms with E-state index >= 15 is 0 Å². The van der Waals surface area contributed by atoms with Crippen LogP contribution in [0, 0.1) is 29.1 Å². The van der Waals surface area contributed by atoms with Crippen LogP contribution < -0.4 is 5.73 Å².